The number of aryl methyl sites for hydroxylation is 2. The van der Waals surface area contributed by atoms with Crippen molar-refractivity contribution in [1.29, 1.82) is 0 Å². The van der Waals surface area contributed by atoms with Crippen LogP contribution >= 0.6 is 0 Å². The number of carbonyl (C=O) groups is 1. The van der Waals surface area contributed by atoms with Crippen LogP contribution in [0.5, 0.6) is 0 Å². The van der Waals surface area contributed by atoms with Crippen molar-refractivity contribution in [2.75, 3.05) is 39.4 Å². The largest absolute Gasteiger partial charge is 0.491 e. The van der Waals surface area contributed by atoms with Crippen molar-refractivity contribution in [3.05, 3.63) is 11.8 Å². The van der Waals surface area contributed by atoms with Gasteiger partial charge in [0.25, 0.3) is 10.0 Å². The lowest BCUT2D eigenvalue weighted by molar-refractivity contribution is -0.236. The maximum absolute atomic E-state index is 13.2. The van der Waals surface area contributed by atoms with Crippen LogP contribution in [-0.4, -0.2) is 96.9 Å². The number of halogens is 3. The molecule has 4 aliphatic heterocycles. The molecule has 4 fully saturated rings. The first-order valence-electron chi connectivity index (χ1n) is 12.1. The molecule has 0 aliphatic carbocycles. The first-order chi connectivity index (χ1) is 16.8. The van der Waals surface area contributed by atoms with Crippen LogP contribution in [0.1, 0.15) is 37.8 Å². The molecule has 4 saturated heterocycles. The van der Waals surface area contributed by atoms with E-state index in [9.17, 15) is 26.4 Å². The molecule has 4 aliphatic rings. The van der Waals surface area contributed by atoms with Gasteiger partial charge in [-0.05, 0) is 51.6 Å². The number of ether oxygens (including phenoxy) is 3. The highest BCUT2D eigenvalue weighted by Crippen LogP contribution is 2.46. The Morgan fingerprint density at radius 3 is 2.50 bits per heavy atom. The number of likely N-dealkylation sites (tertiary alicyclic amines) is 1. The molecule has 10 nitrogen and oxygen atoms in total. The van der Waals surface area contributed by atoms with E-state index in [0.29, 0.717) is 38.4 Å². The van der Waals surface area contributed by atoms with Crippen molar-refractivity contribution in [1.82, 2.24) is 19.0 Å². The fourth-order valence-corrected chi connectivity index (χ4v) is 7.69. The Hall–Kier alpha value is -1.74. The Kier molecular flexibility index (Phi) is 6.42. The Balaban J connectivity index is 1.32. The standard InChI is InChI=1S/C22H31F3N4O6S/c1-15-11-17(27(2)26-15)36(31,32)29-8-4-21(5-9-29)12-16(18(35-21)34-19(30)22(23,24)25)28-7-3-20(13-28)6-10-33-14-20/h11,16,18H,3-10,12-14H2,1-2H3. The first-order valence-corrected chi connectivity index (χ1v) is 13.5. The van der Waals surface area contributed by atoms with E-state index >= 15 is 0 Å². The van der Waals surface area contributed by atoms with Crippen LogP contribution in [-0.2, 0) is 36.1 Å². The number of nitrogens with zero attached hydrogens (tertiary/aromatic N) is 4. The second-order valence-electron chi connectivity index (χ2n) is 10.5. The predicted octanol–water partition coefficient (Wildman–Crippen LogP) is 1.58. The van der Waals surface area contributed by atoms with E-state index in [1.807, 2.05) is 0 Å². The predicted molar refractivity (Wildman–Crippen MR) is 118 cm³/mol. The van der Waals surface area contributed by atoms with Crippen molar-refractivity contribution in [2.24, 2.45) is 12.5 Å². The summed E-state index contributed by atoms with van der Waals surface area (Å²) in [5, 5.41) is 4.20. The molecule has 1 aromatic heterocycles. The third kappa shape index (κ3) is 4.66. The van der Waals surface area contributed by atoms with E-state index in [1.54, 1.807) is 14.0 Å². The second kappa shape index (κ2) is 8.93. The van der Waals surface area contributed by atoms with Crippen molar-refractivity contribution in [3.8, 4) is 0 Å². The molecule has 1 aromatic rings. The first kappa shape index (κ1) is 25.9. The maximum Gasteiger partial charge on any atom is 0.491 e. The van der Waals surface area contributed by atoms with E-state index in [-0.39, 0.29) is 36.4 Å². The Bertz CT molecular complexity index is 1110. The van der Waals surface area contributed by atoms with Gasteiger partial charge in [0, 0.05) is 38.7 Å². The molecule has 0 saturated carbocycles. The van der Waals surface area contributed by atoms with Crippen LogP contribution in [0.15, 0.2) is 11.1 Å². The molecule has 14 heteroatoms. The summed E-state index contributed by atoms with van der Waals surface area (Å²) >= 11 is 0. The van der Waals surface area contributed by atoms with E-state index in [2.05, 4.69) is 10.00 Å². The van der Waals surface area contributed by atoms with Gasteiger partial charge in [0.2, 0.25) is 6.29 Å². The summed E-state index contributed by atoms with van der Waals surface area (Å²) < 4.78 is 84.6. The number of hydrogen-bond donors (Lipinski definition) is 0. The van der Waals surface area contributed by atoms with E-state index < -0.39 is 40.1 Å². The molecular weight excluding hydrogens is 505 g/mol. The fourth-order valence-electron chi connectivity index (χ4n) is 6.07. The van der Waals surface area contributed by atoms with Gasteiger partial charge in [-0.3, -0.25) is 9.58 Å². The smallest absolute Gasteiger partial charge is 0.427 e. The highest BCUT2D eigenvalue weighted by Gasteiger charge is 2.56. The Labute approximate surface area is 207 Å². The van der Waals surface area contributed by atoms with E-state index in [1.165, 1.54) is 15.1 Å². The third-order valence-electron chi connectivity index (χ3n) is 8.03. The summed E-state index contributed by atoms with van der Waals surface area (Å²) in [6.45, 7) is 4.53. The summed E-state index contributed by atoms with van der Waals surface area (Å²) in [5.74, 6) is -2.28. The molecule has 0 aromatic carbocycles. The van der Waals surface area contributed by atoms with Crippen LogP contribution in [0.4, 0.5) is 13.2 Å². The van der Waals surface area contributed by atoms with Gasteiger partial charge in [0.1, 0.15) is 0 Å². The van der Waals surface area contributed by atoms with Gasteiger partial charge >= 0.3 is 12.1 Å². The van der Waals surface area contributed by atoms with Crippen LogP contribution in [0, 0.1) is 12.3 Å². The van der Waals surface area contributed by atoms with Gasteiger partial charge in [-0.1, -0.05) is 0 Å². The van der Waals surface area contributed by atoms with Gasteiger partial charge in [0.05, 0.1) is 23.9 Å². The summed E-state index contributed by atoms with van der Waals surface area (Å²) in [6, 6.07) is 0.962. The number of esters is 1. The van der Waals surface area contributed by atoms with Crippen molar-refractivity contribution in [2.45, 2.75) is 68.2 Å². The number of hydrogen-bond acceptors (Lipinski definition) is 8. The number of aromatic nitrogens is 2. The molecule has 0 radical (unpaired) electrons. The van der Waals surface area contributed by atoms with Crippen molar-refractivity contribution < 1.29 is 40.6 Å². The lowest BCUT2D eigenvalue weighted by Crippen LogP contribution is -2.47. The summed E-state index contributed by atoms with van der Waals surface area (Å²) in [5.41, 5.74) is -0.332. The van der Waals surface area contributed by atoms with Gasteiger partial charge in [-0.25, -0.2) is 13.2 Å². The van der Waals surface area contributed by atoms with Gasteiger partial charge < -0.3 is 14.2 Å². The van der Waals surface area contributed by atoms with Crippen molar-refractivity contribution in [3.63, 3.8) is 0 Å². The zero-order chi connectivity index (χ0) is 25.9. The SMILES string of the molecule is Cc1cc(S(=O)(=O)N2CCC3(CC2)CC(N2CCC4(CCOC4)C2)C(OC(=O)C(F)(F)F)O3)n(C)n1. The Morgan fingerprint density at radius 1 is 1.19 bits per heavy atom. The fraction of sp³-hybridized carbons (Fsp3) is 0.818. The quantitative estimate of drug-likeness (QED) is 0.535. The van der Waals surface area contributed by atoms with E-state index in [0.717, 1.165) is 12.8 Å². The number of carbonyl (C=O) groups excluding carboxylic acids is 1. The molecule has 5 heterocycles. The molecule has 0 amide bonds. The lowest BCUT2D eigenvalue weighted by Gasteiger charge is -2.38. The lowest BCUT2D eigenvalue weighted by atomic mass is 9.86. The number of sulfonamides is 1. The molecule has 202 valence electrons. The highest BCUT2D eigenvalue weighted by molar-refractivity contribution is 7.89. The molecule has 0 bridgehead atoms. The number of piperidine rings is 1. The van der Waals surface area contributed by atoms with E-state index in [4.69, 9.17) is 14.2 Å². The number of alkyl halides is 3. The van der Waals surface area contributed by atoms with Crippen LogP contribution in [0.2, 0.25) is 0 Å². The zero-order valence-electron chi connectivity index (χ0n) is 20.3. The molecule has 2 spiro atoms. The minimum absolute atomic E-state index is 0.0347. The zero-order valence-corrected chi connectivity index (χ0v) is 21.1. The van der Waals surface area contributed by atoms with Crippen LogP contribution in [0.3, 0.4) is 0 Å². The minimum atomic E-state index is -5.13. The minimum Gasteiger partial charge on any atom is -0.427 e. The van der Waals surface area contributed by atoms with Crippen molar-refractivity contribution >= 4 is 16.0 Å². The molecular formula is C22H31F3N4O6S. The topological polar surface area (TPSA) is 103 Å². The van der Waals surface area contributed by atoms with Crippen LogP contribution < -0.4 is 0 Å². The molecule has 36 heavy (non-hydrogen) atoms. The normalized spacial score (nSPS) is 31.6. The van der Waals surface area contributed by atoms with Gasteiger partial charge in [0.15, 0.2) is 5.03 Å². The van der Waals surface area contributed by atoms with Gasteiger partial charge in [-0.2, -0.15) is 22.6 Å². The average molecular weight is 537 g/mol. The summed E-state index contributed by atoms with van der Waals surface area (Å²) in [4.78, 5) is 13.8. The highest BCUT2D eigenvalue weighted by atomic mass is 32.2. The Morgan fingerprint density at radius 2 is 1.92 bits per heavy atom. The number of rotatable bonds is 4. The molecule has 3 unspecified atom stereocenters. The van der Waals surface area contributed by atoms with Crippen LogP contribution in [0.25, 0.3) is 0 Å². The monoisotopic (exact) mass is 536 g/mol. The third-order valence-corrected chi connectivity index (χ3v) is 9.99. The second-order valence-corrected chi connectivity index (χ2v) is 12.4. The summed E-state index contributed by atoms with van der Waals surface area (Å²) in [7, 11) is -2.23. The molecule has 5 rings (SSSR count). The molecule has 3 atom stereocenters. The average Bonchev–Trinajstić information content (AvgIpc) is 3.57. The maximum atomic E-state index is 13.2. The summed E-state index contributed by atoms with van der Waals surface area (Å²) in [6.07, 6.45) is -3.85. The molecule has 0 N–H and O–H groups in total. The van der Waals surface area contributed by atoms with Gasteiger partial charge in [-0.15, -0.1) is 0 Å².